The fourth-order valence-corrected chi connectivity index (χ4v) is 1.94. The van der Waals surface area contributed by atoms with Gasteiger partial charge in [0.25, 0.3) is 0 Å². The van der Waals surface area contributed by atoms with Crippen molar-refractivity contribution in [1.29, 1.82) is 0 Å². The molecule has 1 rings (SSSR count). The van der Waals surface area contributed by atoms with E-state index in [0.717, 1.165) is 26.1 Å². The minimum atomic E-state index is -0.0555. The Hall–Kier alpha value is -0.650. The number of carbonyl (C=O) groups excluding carboxylic acids is 1. The lowest BCUT2D eigenvalue weighted by molar-refractivity contribution is -0.127. The lowest BCUT2D eigenvalue weighted by atomic mass is 9.93. The Morgan fingerprint density at radius 3 is 2.76 bits per heavy atom. The van der Waals surface area contributed by atoms with E-state index < -0.39 is 0 Å². The third-order valence-electron chi connectivity index (χ3n) is 3.03. The third kappa shape index (κ3) is 6.00. The van der Waals surface area contributed by atoms with E-state index in [1.807, 2.05) is 6.92 Å². The molecule has 1 amide bonds. The molecular weight excluding hydrogens is 222 g/mol. The van der Waals surface area contributed by atoms with Gasteiger partial charge in [-0.15, -0.1) is 0 Å². The zero-order valence-electron chi connectivity index (χ0n) is 10.7. The second-order valence-corrected chi connectivity index (χ2v) is 4.35. The summed E-state index contributed by atoms with van der Waals surface area (Å²) in [5.41, 5.74) is 0. The Kier molecular flexibility index (Phi) is 7.16. The number of amides is 1. The zero-order chi connectivity index (χ0) is 12.5. The zero-order valence-corrected chi connectivity index (χ0v) is 10.7. The molecule has 0 saturated carbocycles. The Morgan fingerprint density at radius 1 is 1.41 bits per heavy atom. The molecule has 100 valence electrons. The second kappa shape index (κ2) is 8.44. The molecule has 1 saturated heterocycles. The second-order valence-electron chi connectivity index (χ2n) is 4.35. The minimum Gasteiger partial charge on any atom is -0.382 e. The Morgan fingerprint density at radius 2 is 2.12 bits per heavy atom. The molecular formula is C12H23NO4. The van der Waals surface area contributed by atoms with Crippen LogP contribution in [0.1, 0.15) is 19.8 Å². The first-order chi connectivity index (χ1) is 8.24. The van der Waals surface area contributed by atoms with Crippen molar-refractivity contribution in [2.24, 2.45) is 5.92 Å². The molecule has 1 heterocycles. The SMILES string of the molecule is COCCOCC(=O)NC(C)C1CCOCC1. The number of methoxy groups -OCH3 is 1. The average molecular weight is 245 g/mol. The van der Waals surface area contributed by atoms with Crippen LogP contribution >= 0.6 is 0 Å². The van der Waals surface area contributed by atoms with Crippen molar-refractivity contribution in [3.8, 4) is 0 Å². The fraction of sp³-hybridized carbons (Fsp3) is 0.917. The van der Waals surface area contributed by atoms with Crippen molar-refractivity contribution in [3.05, 3.63) is 0 Å². The summed E-state index contributed by atoms with van der Waals surface area (Å²) in [6, 6.07) is 0.192. The smallest absolute Gasteiger partial charge is 0.246 e. The molecule has 0 aromatic carbocycles. The van der Waals surface area contributed by atoms with E-state index in [2.05, 4.69) is 5.32 Å². The van der Waals surface area contributed by atoms with Crippen LogP contribution in [0.3, 0.4) is 0 Å². The fourth-order valence-electron chi connectivity index (χ4n) is 1.94. The van der Waals surface area contributed by atoms with Gasteiger partial charge in [-0.3, -0.25) is 4.79 Å². The standard InChI is InChI=1S/C12H23NO4/c1-10(11-3-5-16-6-4-11)13-12(14)9-17-8-7-15-2/h10-11H,3-9H2,1-2H3,(H,13,14). The summed E-state index contributed by atoms with van der Waals surface area (Å²) >= 11 is 0. The van der Waals surface area contributed by atoms with Gasteiger partial charge in [0.15, 0.2) is 0 Å². The monoisotopic (exact) mass is 245 g/mol. The molecule has 1 N–H and O–H groups in total. The number of rotatable bonds is 7. The van der Waals surface area contributed by atoms with Crippen LogP contribution in [0.5, 0.6) is 0 Å². The Labute approximate surface area is 103 Å². The van der Waals surface area contributed by atoms with Gasteiger partial charge in [-0.25, -0.2) is 0 Å². The van der Waals surface area contributed by atoms with Crippen molar-refractivity contribution >= 4 is 5.91 Å². The van der Waals surface area contributed by atoms with Crippen molar-refractivity contribution in [1.82, 2.24) is 5.32 Å². The highest BCUT2D eigenvalue weighted by atomic mass is 16.5. The molecule has 1 aliphatic rings. The average Bonchev–Trinajstić information content (AvgIpc) is 2.36. The Bertz CT molecular complexity index is 217. The summed E-state index contributed by atoms with van der Waals surface area (Å²) in [6.07, 6.45) is 2.04. The first-order valence-electron chi connectivity index (χ1n) is 6.18. The predicted molar refractivity (Wildman–Crippen MR) is 63.8 cm³/mol. The van der Waals surface area contributed by atoms with Gasteiger partial charge in [-0.05, 0) is 25.7 Å². The summed E-state index contributed by atoms with van der Waals surface area (Å²) in [5, 5.41) is 2.97. The van der Waals surface area contributed by atoms with E-state index in [1.165, 1.54) is 0 Å². The molecule has 0 aromatic heterocycles. The number of hydrogen-bond acceptors (Lipinski definition) is 4. The van der Waals surface area contributed by atoms with Gasteiger partial charge in [0.05, 0.1) is 13.2 Å². The highest BCUT2D eigenvalue weighted by Crippen LogP contribution is 2.18. The van der Waals surface area contributed by atoms with Gasteiger partial charge < -0.3 is 19.5 Å². The van der Waals surface area contributed by atoms with Crippen molar-refractivity contribution in [3.63, 3.8) is 0 Å². The van der Waals surface area contributed by atoms with Crippen LogP contribution in [-0.2, 0) is 19.0 Å². The molecule has 1 fully saturated rings. The summed E-state index contributed by atoms with van der Waals surface area (Å²) in [4.78, 5) is 11.6. The topological polar surface area (TPSA) is 56.8 Å². The Balaban J connectivity index is 2.11. The van der Waals surface area contributed by atoms with Gasteiger partial charge in [-0.2, -0.15) is 0 Å². The predicted octanol–water partition coefficient (Wildman–Crippen LogP) is 0.581. The van der Waals surface area contributed by atoms with E-state index in [1.54, 1.807) is 7.11 Å². The molecule has 0 bridgehead atoms. The van der Waals surface area contributed by atoms with E-state index in [4.69, 9.17) is 14.2 Å². The molecule has 0 spiro atoms. The van der Waals surface area contributed by atoms with E-state index in [9.17, 15) is 4.79 Å². The first kappa shape index (κ1) is 14.4. The maximum atomic E-state index is 11.6. The van der Waals surface area contributed by atoms with Crippen LogP contribution in [0.4, 0.5) is 0 Å². The lowest BCUT2D eigenvalue weighted by Crippen LogP contribution is -2.41. The van der Waals surface area contributed by atoms with Crippen LogP contribution < -0.4 is 5.32 Å². The highest BCUT2D eigenvalue weighted by Gasteiger charge is 2.21. The quantitative estimate of drug-likeness (QED) is 0.667. The number of ether oxygens (including phenoxy) is 3. The van der Waals surface area contributed by atoms with Gasteiger partial charge in [0.2, 0.25) is 5.91 Å². The molecule has 0 aliphatic carbocycles. The molecule has 0 radical (unpaired) electrons. The largest absolute Gasteiger partial charge is 0.382 e. The molecule has 17 heavy (non-hydrogen) atoms. The summed E-state index contributed by atoms with van der Waals surface area (Å²) in [5.74, 6) is 0.465. The summed E-state index contributed by atoms with van der Waals surface area (Å²) < 4.78 is 15.3. The number of hydrogen-bond donors (Lipinski definition) is 1. The van der Waals surface area contributed by atoms with E-state index in [-0.39, 0.29) is 18.6 Å². The molecule has 5 nitrogen and oxygen atoms in total. The molecule has 1 atom stereocenters. The van der Waals surface area contributed by atoms with Crippen LogP contribution in [0.2, 0.25) is 0 Å². The summed E-state index contributed by atoms with van der Waals surface area (Å²) in [7, 11) is 1.61. The van der Waals surface area contributed by atoms with Crippen molar-refractivity contribution < 1.29 is 19.0 Å². The van der Waals surface area contributed by atoms with Crippen LogP contribution in [-0.4, -0.2) is 52.1 Å². The van der Waals surface area contributed by atoms with Crippen molar-refractivity contribution in [2.45, 2.75) is 25.8 Å². The molecule has 1 aliphatic heterocycles. The van der Waals surface area contributed by atoms with Gasteiger partial charge in [-0.1, -0.05) is 0 Å². The maximum absolute atomic E-state index is 11.6. The molecule has 0 aromatic rings. The van der Waals surface area contributed by atoms with Gasteiger partial charge >= 0.3 is 0 Å². The van der Waals surface area contributed by atoms with Crippen molar-refractivity contribution in [2.75, 3.05) is 40.1 Å². The molecule has 5 heteroatoms. The van der Waals surface area contributed by atoms with E-state index in [0.29, 0.717) is 19.1 Å². The highest BCUT2D eigenvalue weighted by molar-refractivity contribution is 5.77. The maximum Gasteiger partial charge on any atom is 0.246 e. The van der Waals surface area contributed by atoms with Crippen LogP contribution in [0, 0.1) is 5.92 Å². The van der Waals surface area contributed by atoms with Crippen LogP contribution in [0.15, 0.2) is 0 Å². The summed E-state index contributed by atoms with van der Waals surface area (Å²) in [6.45, 7) is 4.72. The number of nitrogens with one attached hydrogen (secondary N) is 1. The van der Waals surface area contributed by atoms with Gasteiger partial charge in [0, 0.05) is 26.4 Å². The van der Waals surface area contributed by atoms with Crippen LogP contribution in [0.25, 0.3) is 0 Å². The van der Waals surface area contributed by atoms with E-state index >= 15 is 0 Å². The molecule has 1 unspecified atom stereocenters. The first-order valence-corrected chi connectivity index (χ1v) is 6.18. The number of carbonyl (C=O) groups is 1. The normalized spacial score (nSPS) is 18.9. The lowest BCUT2D eigenvalue weighted by Gasteiger charge is -2.28. The minimum absolute atomic E-state index is 0.0555. The third-order valence-corrected chi connectivity index (χ3v) is 3.03. The van der Waals surface area contributed by atoms with Gasteiger partial charge in [0.1, 0.15) is 6.61 Å².